The minimum Gasteiger partial charge on any atom is -0.485 e. The average Bonchev–Trinajstić information content (AvgIpc) is 2.61. The summed E-state index contributed by atoms with van der Waals surface area (Å²) < 4.78 is 11.2. The van der Waals surface area contributed by atoms with Crippen molar-refractivity contribution in [1.82, 2.24) is 5.32 Å². The molecule has 2 aromatic carbocycles. The number of carbonyl (C=O) groups excluding carboxylic acids is 2. The van der Waals surface area contributed by atoms with Crippen molar-refractivity contribution < 1.29 is 19.1 Å². The van der Waals surface area contributed by atoms with E-state index < -0.39 is 6.10 Å². The van der Waals surface area contributed by atoms with Crippen LogP contribution in [0.1, 0.15) is 28.9 Å². The number of aldehydes is 1. The number of ether oxygens (including phenoxy) is 2. The van der Waals surface area contributed by atoms with E-state index in [-0.39, 0.29) is 18.6 Å². The molecule has 0 saturated heterocycles. The van der Waals surface area contributed by atoms with Gasteiger partial charge in [-0.3, -0.25) is 9.59 Å². The highest BCUT2D eigenvalue weighted by atomic mass is 16.6. The molecule has 1 amide bonds. The van der Waals surface area contributed by atoms with Crippen molar-refractivity contribution >= 4 is 12.2 Å². The monoisotopic (exact) mass is 311 g/mol. The average molecular weight is 311 g/mol. The maximum atomic E-state index is 12.3. The molecule has 0 bridgehead atoms. The van der Waals surface area contributed by atoms with Crippen molar-refractivity contribution in [2.75, 3.05) is 6.61 Å². The van der Waals surface area contributed by atoms with Gasteiger partial charge in [0.1, 0.15) is 12.9 Å². The molecule has 1 unspecified atom stereocenters. The maximum Gasteiger partial charge on any atom is 0.265 e. The van der Waals surface area contributed by atoms with E-state index in [1.807, 2.05) is 37.3 Å². The Morgan fingerprint density at radius 3 is 2.74 bits per heavy atom. The Hall–Kier alpha value is -2.82. The maximum absolute atomic E-state index is 12.3. The number of hydrogen-bond acceptors (Lipinski definition) is 4. The molecule has 2 aromatic rings. The summed E-state index contributed by atoms with van der Waals surface area (Å²) >= 11 is 0. The van der Waals surface area contributed by atoms with Gasteiger partial charge in [0, 0.05) is 5.56 Å². The Morgan fingerprint density at radius 2 is 2.00 bits per heavy atom. The molecule has 2 atom stereocenters. The van der Waals surface area contributed by atoms with Gasteiger partial charge < -0.3 is 14.8 Å². The zero-order valence-corrected chi connectivity index (χ0v) is 12.7. The smallest absolute Gasteiger partial charge is 0.265 e. The van der Waals surface area contributed by atoms with E-state index in [1.165, 1.54) is 0 Å². The third-order valence-corrected chi connectivity index (χ3v) is 3.71. The van der Waals surface area contributed by atoms with Crippen LogP contribution in [-0.2, 0) is 4.79 Å². The molecule has 0 aromatic heterocycles. The number of amides is 1. The predicted molar refractivity (Wildman–Crippen MR) is 84.7 cm³/mol. The van der Waals surface area contributed by atoms with E-state index in [2.05, 4.69) is 5.32 Å². The largest absolute Gasteiger partial charge is 0.485 e. The topological polar surface area (TPSA) is 64.6 Å². The number of hydrogen-bond donors (Lipinski definition) is 1. The molecule has 0 aliphatic carbocycles. The first kappa shape index (κ1) is 15.1. The molecule has 1 aliphatic rings. The summed E-state index contributed by atoms with van der Waals surface area (Å²) in [6.07, 6.45) is 0.0278. The molecule has 0 fully saturated rings. The Balaban J connectivity index is 1.66. The highest BCUT2D eigenvalue weighted by Gasteiger charge is 2.28. The van der Waals surface area contributed by atoms with Gasteiger partial charge in [0.2, 0.25) is 6.10 Å². The van der Waals surface area contributed by atoms with Crippen molar-refractivity contribution in [1.29, 1.82) is 0 Å². The SMILES string of the molecule is CC(NC(=O)[C@H]1COc2cc(C=O)ccc2O1)c1ccccc1. The fourth-order valence-electron chi connectivity index (χ4n) is 2.42. The lowest BCUT2D eigenvalue weighted by Crippen LogP contribution is -2.44. The summed E-state index contributed by atoms with van der Waals surface area (Å²) in [4.78, 5) is 23.1. The lowest BCUT2D eigenvalue weighted by atomic mass is 10.1. The van der Waals surface area contributed by atoms with Gasteiger partial charge in [-0.05, 0) is 30.7 Å². The summed E-state index contributed by atoms with van der Waals surface area (Å²) in [6.45, 7) is 2.03. The van der Waals surface area contributed by atoms with E-state index in [1.54, 1.807) is 18.2 Å². The van der Waals surface area contributed by atoms with E-state index >= 15 is 0 Å². The van der Waals surface area contributed by atoms with Crippen LogP contribution in [0.4, 0.5) is 0 Å². The van der Waals surface area contributed by atoms with Crippen molar-refractivity contribution in [2.24, 2.45) is 0 Å². The van der Waals surface area contributed by atoms with Gasteiger partial charge >= 0.3 is 0 Å². The molecule has 3 rings (SSSR count). The van der Waals surface area contributed by atoms with Crippen LogP contribution in [0.2, 0.25) is 0 Å². The van der Waals surface area contributed by atoms with E-state index in [0.717, 1.165) is 11.8 Å². The van der Waals surface area contributed by atoms with Crippen LogP contribution in [0, 0.1) is 0 Å². The predicted octanol–water partition coefficient (Wildman–Crippen LogP) is 2.52. The first-order valence-corrected chi connectivity index (χ1v) is 7.41. The fourth-order valence-corrected chi connectivity index (χ4v) is 2.42. The number of carbonyl (C=O) groups is 2. The molecule has 23 heavy (non-hydrogen) atoms. The van der Waals surface area contributed by atoms with Gasteiger partial charge in [0.25, 0.3) is 5.91 Å². The highest BCUT2D eigenvalue weighted by Crippen LogP contribution is 2.32. The molecule has 0 radical (unpaired) electrons. The normalized spacial score (nSPS) is 17.2. The molecular formula is C18H17NO4. The molecular weight excluding hydrogens is 294 g/mol. The van der Waals surface area contributed by atoms with Crippen molar-refractivity contribution in [3.8, 4) is 11.5 Å². The lowest BCUT2D eigenvalue weighted by molar-refractivity contribution is -0.131. The van der Waals surface area contributed by atoms with Crippen molar-refractivity contribution in [3.63, 3.8) is 0 Å². The van der Waals surface area contributed by atoms with Crippen LogP contribution in [0.15, 0.2) is 48.5 Å². The Labute approximate surface area is 134 Å². The van der Waals surface area contributed by atoms with Gasteiger partial charge in [-0.25, -0.2) is 0 Å². The first-order chi connectivity index (χ1) is 11.2. The van der Waals surface area contributed by atoms with Crippen molar-refractivity contribution in [2.45, 2.75) is 19.1 Å². The minimum atomic E-state index is -0.712. The summed E-state index contributed by atoms with van der Waals surface area (Å²) in [5, 5.41) is 2.92. The van der Waals surface area contributed by atoms with Crippen LogP contribution in [0.3, 0.4) is 0 Å². The molecule has 1 heterocycles. The Kier molecular flexibility index (Phi) is 4.28. The lowest BCUT2D eigenvalue weighted by Gasteiger charge is -2.27. The first-order valence-electron chi connectivity index (χ1n) is 7.41. The molecule has 1 aliphatic heterocycles. The number of fused-ring (bicyclic) bond motifs is 1. The molecule has 5 nitrogen and oxygen atoms in total. The Morgan fingerprint density at radius 1 is 1.22 bits per heavy atom. The van der Waals surface area contributed by atoms with Crippen LogP contribution in [0.25, 0.3) is 0 Å². The van der Waals surface area contributed by atoms with Gasteiger partial charge in [0.05, 0.1) is 6.04 Å². The number of nitrogens with one attached hydrogen (secondary N) is 1. The van der Waals surface area contributed by atoms with E-state index in [0.29, 0.717) is 17.1 Å². The molecule has 0 saturated carbocycles. The van der Waals surface area contributed by atoms with Gasteiger partial charge in [0.15, 0.2) is 11.5 Å². The fraction of sp³-hybridized carbons (Fsp3) is 0.222. The molecule has 1 N–H and O–H groups in total. The number of benzene rings is 2. The third kappa shape index (κ3) is 3.34. The summed E-state index contributed by atoms with van der Waals surface area (Å²) in [5.74, 6) is 0.718. The standard InChI is InChI=1S/C18H17NO4/c1-12(14-5-3-2-4-6-14)19-18(21)17-11-22-16-9-13(10-20)7-8-15(16)23-17/h2-10,12,17H,11H2,1H3,(H,19,21)/t12?,17-/m1/s1. The second kappa shape index (κ2) is 6.52. The zero-order valence-electron chi connectivity index (χ0n) is 12.7. The van der Waals surface area contributed by atoms with Gasteiger partial charge in [-0.2, -0.15) is 0 Å². The van der Waals surface area contributed by atoms with E-state index in [4.69, 9.17) is 9.47 Å². The van der Waals surface area contributed by atoms with Crippen LogP contribution in [0.5, 0.6) is 11.5 Å². The van der Waals surface area contributed by atoms with Crippen LogP contribution >= 0.6 is 0 Å². The van der Waals surface area contributed by atoms with E-state index in [9.17, 15) is 9.59 Å². The third-order valence-electron chi connectivity index (χ3n) is 3.71. The zero-order chi connectivity index (χ0) is 16.2. The number of rotatable bonds is 4. The highest BCUT2D eigenvalue weighted by molar-refractivity contribution is 5.82. The van der Waals surface area contributed by atoms with Gasteiger partial charge in [-0.1, -0.05) is 30.3 Å². The Bertz CT molecular complexity index is 714. The quantitative estimate of drug-likeness (QED) is 0.881. The summed E-state index contributed by atoms with van der Waals surface area (Å²) in [7, 11) is 0. The van der Waals surface area contributed by atoms with Crippen LogP contribution in [-0.4, -0.2) is 24.9 Å². The molecule has 0 spiro atoms. The summed E-state index contributed by atoms with van der Waals surface area (Å²) in [6, 6.07) is 14.5. The minimum absolute atomic E-state index is 0.114. The van der Waals surface area contributed by atoms with Crippen molar-refractivity contribution in [3.05, 3.63) is 59.7 Å². The van der Waals surface area contributed by atoms with Crippen LogP contribution < -0.4 is 14.8 Å². The molecule has 118 valence electrons. The van der Waals surface area contributed by atoms with Gasteiger partial charge in [-0.15, -0.1) is 0 Å². The second-order valence-electron chi connectivity index (χ2n) is 5.38. The summed E-state index contributed by atoms with van der Waals surface area (Å²) in [5.41, 5.74) is 1.53. The second-order valence-corrected chi connectivity index (χ2v) is 5.38. The molecule has 5 heteroatoms.